The lowest BCUT2D eigenvalue weighted by Gasteiger charge is -2.15. The molecule has 0 radical (unpaired) electrons. The number of carbonyl (C=O) groups excluding carboxylic acids is 2. The fourth-order valence-corrected chi connectivity index (χ4v) is 2.65. The molecule has 1 unspecified atom stereocenters. The van der Waals surface area contributed by atoms with Crippen molar-refractivity contribution in [2.24, 2.45) is 5.41 Å². The molecule has 0 heterocycles. The first-order chi connectivity index (χ1) is 9.75. The van der Waals surface area contributed by atoms with Crippen LogP contribution in [0.5, 0.6) is 5.75 Å². The van der Waals surface area contributed by atoms with E-state index in [1.807, 2.05) is 0 Å². The number of anilines is 1. The average Bonchev–Trinajstić information content (AvgIpc) is 2.98. The molecular weight excluding hydrogens is 317 g/mol. The van der Waals surface area contributed by atoms with Gasteiger partial charge in [0.05, 0.1) is 30.9 Å². The van der Waals surface area contributed by atoms with E-state index in [-0.39, 0.29) is 11.5 Å². The van der Waals surface area contributed by atoms with Gasteiger partial charge in [-0.1, -0.05) is 0 Å². The van der Waals surface area contributed by atoms with Gasteiger partial charge < -0.3 is 14.8 Å². The van der Waals surface area contributed by atoms with Crippen molar-refractivity contribution in [3.63, 3.8) is 0 Å². The van der Waals surface area contributed by atoms with Crippen molar-refractivity contribution in [1.82, 2.24) is 0 Å². The Hall–Kier alpha value is -1.46. The molecule has 0 aromatic heterocycles. The third-order valence-corrected chi connectivity index (χ3v) is 4.74. The van der Waals surface area contributed by atoms with Crippen LogP contribution in [0.2, 0.25) is 0 Å². The summed E-state index contributed by atoms with van der Waals surface area (Å²) in [6.45, 7) is 1.67. The lowest BCUT2D eigenvalue weighted by atomic mass is 10.1. The highest BCUT2D eigenvalue weighted by Gasteiger charge is 2.67. The number of nitrogens with one attached hydrogen (secondary N) is 1. The molecule has 1 saturated carbocycles. The second-order valence-corrected chi connectivity index (χ2v) is 6.55. The predicted molar refractivity (Wildman–Crippen MR) is 80.1 cm³/mol. The number of alkyl halides is 2. The Balaban J connectivity index is 2.28. The number of hydrogen-bond acceptors (Lipinski definition) is 4. The number of carbonyl (C=O) groups is 2. The standard InChI is InChI=1S/C14H15Cl2NO4/c1-13(7-14(13,15)16)12(19)17-10-5-4-8(20-2)6-9(10)11(18)21-3/h4-6H,7H2,1-3H3,(H,17,19). The Labute approximate surface area is 132 Å². The summed E-state index contributed by atoms with van der Waals surface area (Å²) in [7, 11) is 2.74. The minimum atomic E-state index is -1.07. The summed E-state index contributed by atoms with van der Waals surface area (Å²) in [5.74, 6) is -0.439. The van der Waals surface area contributed by atoms with Gasteiger partial charge in [0.2, 0.25) is 5.91 Å². The number of esters is 1. The molecule has 1 aliphatic rings. The lowest BCUT2D eigenvalue weighted by Crippen LogP contribution is -2.27. The Morgan fingerprint density at radius 3 is 2.38 bits per heavy atom. The fourth-order valence-electron chi connectivity index (χ4n) is 1.94. The van der Waals surface area contributed by atoms with E-state index < -0.39 is 15.7 Å². The molecule has 2 rings (SSSR count). The van der Waals surface area contributed by atoms with Crippen molar-refractivity contribution in [1.29, 1.82) is 0 Å². The maximum absolute atomic E-state index is 12.3. The highest BCUT2D eigenvalue weighted by molar-refractivity contribution is 6.53. The van der Waals surface area contributed by atoms with Crippen LogP contribution in [0.25, 0.3) is 0 Å². The maximum Gasteiger partial charge on any atom is 0.340 e. The van der Waals surface area contributed by atoms with Gasteiger partial charge in [-0.05, 0) is 31.5 Å². The second-order valence-electron chi connectivity index (χ2n) is 5.07. The average molecular weight is 332 g/mol. The van der Waals surface area contributed by atoms with Gasteiger partial charge in [0, 0.05) is 0 Å². The van der Waals surface area contributed by atoms with Crippen molar-refractivity contribution in [2.45, 2.75) is 17.7 Å². The molecule has 1 atom stereocenters. The normalized spacial score (nSPS) is 22.3. The van der Waals surface area contributed by atoms with Crippen molar-refractivity contribution in [3.8, 4) is 5.75 Å². The minimum absolute atomic E-state index is 0.198. The van der Waals surface area contributed by atoms with E-state index in [9.17, 15) is 9.59 Å². The zero-order valence-corrected chi connectivity index (χ0v) is 13.3. The van der Waals surface area contributed by atoms with Gasteiger partial charge in [-0.15, -0.1) is 23.2 Å². The Morgan fingerprint density at radius 2 is 1.90 bits per heavy atom. The molecule has 0 spiro atoms. The first-order valence-electron chi connectivity index (χ1n) is 6.21. The molecule has 0 saturated heterocycles. The maximum atomic E-state index is 12.3. The van der Waals surface area contributed by atoms with Crippen LogP contribution in [0.4, 0.5) is 5.69 Å². The summed E-state index contributed by atoms with van der Waals surface area (Å²) in [4.78, 5) is 24.1. The number of methoxy groups -OCH3 is 2. The van der Waals surface area contributed by atoms with Crippen molar-refractivity contribution >= 4 is 40.8 Å². The molecule has 1 aromatic rings. The summed E-state index contributed by atoms with van der Waals surface area (Å²) >= 11 is 12.0. The van der Waals surface area contributed by atoms with E-state index >= 15 is 0 Å². The van der Waals surface area contributed by atoms with Crippen LogP contribution in [0.15, 0.2) is 18.2 Å². The number of hydrogen-bond donors (Lipinski definition) is 1. The molecule has 1 aliphatic carbocycles. The van der Waals surface area contributed by atoms with Crippen molar-refractivity contribution in [3.05, 3.63) is 23.8 Å². The highest BCUT2D eigenvalue weighted by Crippen LogP contribution is 2.64. The SMILES string of the molecule is COC(=O)c1cc(OC)ccc1NC(=O)C1(C)CC1(Cl)Cl. The number of amides is 1. The van der Waals surface area contributed by atoms with E-state index in [4.69, 9.17) is 32.7 Å². The number of benzene rings is 1. The minimum Gasteiger partial charge on any atom is -0.497 e. The van der Waals surface area contributed by atoms with Crippen LogP contribution >= 0.6 is 23.2 Å². The number of halogens is 2. The van der Waals surface area contributed by atoms with Gasteiger partial charge >= 0.3 is 5.97 Å². The molecule has 5 nitrogen and oxygen atoms in total. The van der Waals surface area contributed by atoms with E-state index in [2.05, 4.69) is 5.32 Å². The molecule has 1 fully saturated rings. The van der Waals surface area contributed by atoms with Gasteiger partial charge in [-0.2, -0.15) is 0 Å². The largest absolute Gasteiger partial charge is 0.497 e. The quantitative estimate of drug-likeness (QED) is 0.680. The van der Waals surface area contributed by atoms with Crippen LogP contribution in [0.1, 0.15) is 23.7 Å². The molecule has 7 heteroatoms. The molecule has 1 aromatic carbocycles. The van der Waals surface area contributed by atoms with Crippen LogP contribution in [-0.2, 0) is 9.53 Å². The fraction of sp³-hybridized carbons (Fsp3) is 0.429. The highest BCUT2D eigenvalue weighted by atomic mass is 35.5. The van der Waals surface area contributed by atoms with Gasteiger partial charge in [0.1, 0.15) is 10.1 Å². The van der Waals surface area contributed by atoms with Gasteiger partial charge in [0.15, 0.2) is 0 Å². The van der Waals surface area contributed by atoms with Crippen LogP contribution in [-0.4, -0.2) is 30.4 Å². The van der Waals surface area contributed by atoms with E-state index in [1.165, 1.54) is 20.3 Å². The van der Waals surface area contributed by atoms with Gasteiger partial charge in [-0.25, -0.2) is 4.79 Å². The van der Waals surface area contributed by atoms with Crippen molar-refractivity contribution < 1.29 is 19.1 Å². The van der Waals surface area contributed by atoms with Gasteiger partial charge in [-0.3, -0.25) is 4.79 Å². The molecule has 0 aliphatic heterocycles. The Morgan fingerprint density at radius 1 is 1.29 bits per heavy atom. The topological polar surface area (TPSA) is 64.6 Å². The molecule has 114 valence electrons. The summed E-state index contributed by atoms with van der Waals surface area (Å²) in [6, 6.07) is 4.69. The summed E-state index contributed by atoms with van der Waals surface area (Å²) in [5, 5.41) is 2.67. The van der Waals surface area contributed by atoms with Crippen LogP contribution in [0, 0.1) is 5.41 Å². The third-order valence-electron chi connectivity index (χ3n) is 3.64. The zero-order valence-electron chi connectivity index (χ0n) is 11.8. The van der Waals surface area contributed by atoms with Crippen molar-refractivity contribution in [2.75, 3.05) is 19.5 Å². The van der Waals surface area contributed by atoms with Crippen LogP contribution < -0.4 is 10.1 Å². The monoisotopic (exact) mass is 331 g/mol. The molecule has 21 heavy (non-hydrogen) atoms. The Bertz CT molecular complexity index is 603. The molecule has 0 bridgehead atoms. The smallest absolute Gasteiger partial charge is 0.340 e. The van der Waals surface area contributed by atoms with Crippen LogP contribution in [0.3, 0.4) is 0 Å². The molecule has 1 N–H and O–H groups in total. The third kappa shape index (κ3) is 2.80. The van der Waals surface area contributed by atoms with Gasteiger partial charge in [0.25, 0.3) is 0 Å². The zero-order chi connectivity index (χ0) is 15.8. The summed E-state index contributed by atoms with van der Waals surface area (Å²) in [6.07, 6.45) is 0.360. The molecular formula is C14H15Cl2NO4. The summed E-state index contributed by atoms with van der Waals surface area (Å²) in [5.41, 5.74) is -0.349. The van der Waals surface area contributed by atoms with E-state index in [0.29, 0.717) is 17.9 Å². The second kappa shape index (κ2) is 5.39. The first kappa shape index (κ1) is 15.9. The number of ether oxygens (including phenoxy) is 2. The summed E-state index contributed by atoms with van der Waals surface area (Å²) < 4.78 is 8.69. The van der Waals surface area contributed by atoms with E-state index in [0.717, 1.165) is 0 Å². The number of rotatable bonds is 4. The Kier molecular flexibility index (Phi) is 4.08. The van der Waals surface area contributed by atoms with E-state index in [1.54, 1.807) is 19.1 Å². The first-order valence-corrected chi connectivity index (χ1v) is 6.96. The molecule has 1 amide bonds. The predicted octanol–water partition coefficient (Wildman–Crippen LogP) is 3.00. The lowest BCUT2D eigenvalue weighted by molar-refractivity contribution is -0.120.